The van der Waals surface area contributed by atoms with Gasteiger partial charge in [0.05, 0.1) is 6.26 Å². The Morgan fingerprint density at radius 1 is 0.405 bits per heavy atom. The van der Waals surface area contributed by atoms with Crippen LogP contribution in [0.5, 0.6) is 0 Å². The number of rotatable bonds is 12. The number of nitrogens with one attached hydrogen (secondary N) is 2. The predicted octanol–water partition coefficient (Wildman–Crippen LogP) is -0.199. The second kappa shape index (κ2) is 8.93. The monoisotopic (exact) mass is 680 g/mol. The van der Waals surface area contributed by atoms with Gasteiger partial charge in [0.1, 0.15) is 0 Å². The van der Waals surface area contributed by atoms with Crippen molar-refractivity contribution in [2.45, 2.75) is 32.9 Å². The minimum atomic E-state index is -8.54. The molecule has 0 saturated heterocycles. The molecule has 0 aliphatic carbocycles. The van der Waals surface area contributed by atoms with Crippen molar-refractivity contribution in [3.8, 4) is 0 Å². The number of alkyl halides is 12. The van der Waals surface area contributed by atoms with E-state index in [1.165, 1.54) is 0 Å². The van der Waals surface area contributed by atoms with E-state index in [2.05, 4.69) is 0 Å². The van der Waals surface area contributed by atoms with Crippen LogP contribution in [-0.4, -0.2) is 87.5 Å². The molecule has 0 aliphatic heterocycles. The largest absolute Gasteiger partial charge is 0.429 e. The molecule has 0 rings (SSSR count). The molecule has 0 unspecified atom stereocenters. The number of hydrogen-bond donors (Lipinski definition) is 2. The second-order valence-electron chi connectivity index (χ2n) is 6.44. The fraction of sp³-hybridized carbons (Fsp3) is 1.00. The van der Waals surface area contributed by atoms with Crippen LogP contribution < -0.4 is 8.25 Å². The first-order chi connectivity index (χ1) is 15.4. The lowest BCUT2D eigenvalue weighted by Gasteiger charge is -2.33. The molecule has 0 heterocycles. The molecule has 0 amide bonds. The van der Waals surface area contributed by atoms with Gasteiger partial charge in [0.15, 0.2) is 0 Å². The summed E-state index contributed by atoms with van der Waals surface area (Å²) in [5, 5.41) is -30.5. The molecule has 0 fully saturated rings. The third-order valence-electron chi connectivity index (χ3n) is 3.42. The van der Waals surface area contributed by atoms with E-state index in [-0.39, 0.29) is 10.4 Å². The van der Waals surface area contributed by atoms with Crippen molar-refractivity contribution in [3.05, 3.63) is 0 Å². The molecule has 0 spiro atoms. The zero-order valence-electron chi connectivity index (χ0n) is 16.7. The van der Waals surface area contributed by atoms with Gasteiger partial charge in [0.2, 0.25) is 19.9 Å². The molecule has 0 saturated carbocycles. The molecule has 37 heavy (non-hydrogen) atoms. The van der Waals surface area contributed by atoms with Crippen molar-refractivity contribution in [2.24, 2.45) is 0 Å². The van der Waals surface area contributed by atoms with E-state index in [9.17, 15) is 94.8 Å². The minimum Gasteiger partial charge on any atom is -0.223 e. The molecule has 0 aromatic heterocycles. The maximum atomic E-state index is 13.8. The smallest absolute Gasteiger partial charge is 0.223 e. The van der Waals surface area contributed by atoms with Crippen molar-refractivity contribution < 1.29 is 94.8 Å². The van der Waals surface area contributed by atoms with E-state index in [4.69, 9.17) is 0 Å². The topological polar surface area (TPSA) is 195 Å². The Bertz CT molecular complexity index is 1470. The highest BCUT2D eigenvalue weighted by Crippen LogP contribution is 2.53. The molecule has 0 bridgehead atoms. The van der Waals surface area contributed by atoms with Gasteiger partial charge in [-0.1, -0.05) is 4.13 Å². The van der Waals surface area contributed by atoms with Crippen LogP contribution in [-0.2, 0) is 49.9 Å². The molecule has 224 valence electrons. The molecule has 0 radical (unpaired) electrons. The van der Waals surface area contributed by atoms with Gasteiger partial charge in [-0.15, -0.1) is 4.13 Å². The van der Waals surface area contributed by atoms with Gasteiger partial charge >= 0.3 is 32.9 Å². The summed E-state index contributed by atoms with van der Waals surface area (Å²) in [5.74, 6) is -15.8. The first-order valence-corrected chi connectivity index (χ1v) is 15.6. The summed E-state index contributed by atoms with van der Waals surface area (Å²) in [7, 11) is -36.9. The summed E-state index contributed by atoms with van der Waals surface area (Å²) in [6, 6.07) is 0. The van der Waals surface area contributed by atoms with E-state index in [1.807, 2.05) is 0 Å². The molecular formula is C8H8F12N2O10S5. The van der Waals surface area contributed by atoms with E-state index in [1.54, 1.807) is 0 Å². The van der Waals surface area contributed by atoms with Gasteiger partial charge in [0, 0.05) is 6.26 Å². The average Bonchev–Trinajstić information content (AvgIpc) is 2.56. The van der Waals surface area contributed by atoms with E-state index >= 15 is 0 Å². The van der Waals surface area contributed by atoms with Crippen LogP contribution in [0.2, 0.25) is 0 Å². The first-order valence-electron chi connectivity index (χ1n) is 7.38. The number of halogens is 12. The van der Waals surface area contributed by atoms with Crippen molar-refractivity contribution >= 4 is 49.9 Å². The Morgan fingerprint density at radius 3 is 0.838 bits per heavy atom. The summed E-state index contributed by atoms with van der Waals surface area (Å²) >= 11 is 0. The van der Waals surface area contributed by atoms with Gasteiger partial charge in [-0.3, -0.25) is 0 Å². The molecule has 2 N–H and O–H groups in total. The van der Waals surface area contributed by atoms with Gasteiger partial charge in [0.25, 0.3) is 30.1 Å². The van der Waals surface area contributed by atoms with Crippen LogP contribution in [0.1, 0.15) is 0 Å². The molecule has 29 heteroatoms. The first kappa shape index (κ1) is 35.8. The van der Waals surface area contributed by atoms with E-state index < -0.39 is 93.2 Å². The maximum Gasteiger partial charge on any atom is 0.429 e. The molecule has 0 aliphatic rings. The highest BCUT2D eigenvalue weighted by molar-refractivity contribution is 8.06. The summed E-state index contributed by atoms with van der Waals surface area (Å²) in [6.07, 6.45) is -1.26. The third kappa shape index (κ3) is 5.47. The molecule has 0 atom stereocenters. The summed E-state index contributed by atoms with van der Waals surface area (Å²) < 4.78 is 272. The molecule has 0 aromatic rings. The Morgan fingerprint density at radius 2 is 0.622 bits per heavy atom. The Kier molecular flexibility index (Phi) is 8.64. The molecule has 12 nitrogen and oxygen atoms in total. The van der Waals surface area contributed by atoms with E-state index in [0.29, 0.717) is 0 Å². The number of hydrogen-bond acceptors (Lipinski definition) is 10. The van der Waals surface area contributed by atoms with Crippen molar-refractivity contribution in [2.75, 3.05) is 12.5 Å². The van der Waals surface area contributed by atoms with Crippen LogP contribution in [0.3, 0.4) is 0 Å². The number of sulfone groups is 1. The van der Waals surface area contributed by atoms with Crippen LogP contribution >= 0.6 is 0 Å². The van der Waals surface area contributed by atoms with Crippen molar-refractivity contribution in [1.29, 1.82) is 0 Å². The van der Waals surface area contributed by atoms with Gasteiger partial charge in [-0.25, -0.2) is 42.1 Å². The highest BCUT2D eigenvalue weighted by Gasteiger charge is 2.85. The highest BCUT2D eigenvalue weighted by atomic mass is 32.3. The SMILES string of the molecule is CS(=O)(=O)NS(=O)(=O)C(F)(F)C(F)(F)C(F)(F)S(=O)(=O)NS(=O)(=O)C(F)(F)C(F)(F)C(F)(F)S(C)(=O)=O. The lowest BCUT2D eigenvalue weighted by molar-refractivity contribution is -0.245. The van der Waals surface area contributed by atoms with Gasteiger partial charge in [-0.05, 0) is 0 Å². The van der Waals surface area contributed by atoms with Gasteiger partial charge < -0.3 is 0 Å². The lowest BCUT2D eigenvalue weighted by Crippen LogP contribution is -2.67. The van der Waals surface area contributed by atoms with Crippen LogP contribution in [0.15, 0.2) is 0 Å². The maximum absolute atomic E-state index is 13.8. The lowest BCUT2D eigenvalue weighted by atomic mass is 10.3. The molecule has 0 aromatic carbocycles. The van der Waals surface area contributed by atoms with Gasteiger partial charge in [-0.2, -0.15) is 52.7 Å². The van der Waals surface area contributed by atoms with Crippen molar-refractivity contribution in [1.82, 2.24) is 8.25 Å². The second-order valence-corrected chi connectivity index (χ2v) is 15.9. The van der Waals surface area contributed by atoms with Crippen molar-refractivity contribution in [3.63, 3.8) is 0 Å². The van der Waals surface area contributed by atoms with Crippen LogP contribution in [0.25, 0.3) is 0 Å². The summed E-state index contributed by atoms with van der Waals surface area (Å²) in [5.41, 5.74) is 0. The van der Waals surface area contributed by atoms with Crippen LogP contribution in [0, 0.1) is 0 Å². The Hall–Kier alpha value is -1.17. The molecular weight excluding hydrogens is 672 g/mol. The predicted molar refractivity (Wildman–Crippen MR) is 92.4 cm³/mol. The fourth-order valence-electron chi connectivity index (χ4n) is 1.58. The Balaban J connectivity index is 6.95. The van der Waals surface area contributed by atoms with E-state index in [0.717, 1.165) is 0 Å². The Labute approximate surface area is 198 Å². The zero-order valence-corrected chi connectivity index (χ0v) is 20.7. The fourth-order valence-corrected chi connectivity index (χ4v) is 7.70. The summed E-state index contributed by atoms with van der Waals surface area (Å²) in [6.45, 7) is 0. The number of sulfonamides is 4. The summed E-state index contributed by atoms with van der Waals surface area (Å²) in [4.78, 5) is 0. The van der Waals surface area contributed by atoms with Crippen LogP contribution in [0.4, 0.5) is 52.7 Å². The quantitative estimate of drug-likeness (QED) is 0.261. The normalized spacial score (nSPS) is 16.6. The minimum absolute atomic E-state index is 0.323. The zero-order chi connectivity index (χ0) is 30.9. The standard InChI is InChI=1S/C8H8F12N2O10S5/c1-33(23,24)5(13,14)3(9,10)6(15,16)36(29,30)22-37(31,32)8(19,20)4(11,12)7(17,18)35(27,28)21-34(2,25)26/h21-22H,1-2H3. The third-order valence-corrected chi connectivity index (χ3v) is 11.2. The average molecular weight is 680 g/mol.